The molecule has 1 aromatic heterocycles. The third-order valence-electron chi connectivity index (χ3n) is 3.29. The smallest absolute Gasteiger partial charge is 0.260 e. The predicted molar refractivity (Wildman–Crippen MR) is 82.7 cm³/mol. The highest BCUT2D eigenvalue weighted by molar-refractivity contribution is 7.89. The zero-order valence-corrected chi connectivity index (χ0v) is 13.5. The van der Waals surface area contributed by atoms with Crippen molar-refractivity contribution in [2.75, 3.05) is 5.88 Å². The zero-order valence-electron chi connectivity index (χ0n) is 12.0. The Morgan fingerprint density at radius 2 is 2.00 bits per heavy atom. The second-order valence-corrected chi connectivity index (χ2v) is 6.88. The van der Waals surface area contributed by atoms with Crippen LogP contribution in [-0.2, 0) is 22.1 Å². The molecule has 0 saturated heterocycles. The van der Waals surface area contributed by atoms with Crippen LogP contribution in [0.2, 0.25) is 0 Å². The maximum absolute atomic E-state index is 12.5. The third kappa shape index (κ3) is 3.45. The van der Waals surface area contributed by atoms with Gasteiger partial charge in [0.15, 0.2) is 5.03 Å². The largest absolute Gasteiger partial charge is 0.336 e. The van der Waals surface area contributed by atoms with E-state index < -0.39 is 15.6 Å². The molecule has 5 nitrogen and oxygen atoms in total. The quantitative estimate of drug-likeness (QED) is 0.828. The number of hydrogen-bond donors (Lipinski definition) is 1. The maximum atomic E-state index is 12.5. The molecule has 2 rings (SSSR count). The first-order chi connectivity index (χ1) is 9.91. The van der Waals surface area contributed by atoms with E-state index in [1.54, 1.807) is 11.5 Å². The van der Waals surface area contributed by atoms with E-state index in [4.69, 9.17) is 11.6 Å². The van der Waals surface area contributed by atoms with Crippen molar-refractivity contribution < 1.29 is 8.42 Å². The van der Waals surface area contributed by atoms with Crippen molar-refractivity contribution >= 4 is 21.6 Å². The summed E-state index contributed by atoms with van der Waals surface area (Å²) in [5.41, 5.74) is -0.0871. The molecular weight excluding hydrogens is 310 g/mol. The highest BCUT2D eigenvalue weighted by Gasteiger charge is 2.32. The monoisotopic (exact) mass is 327 g/mol. The van der Waals surface area contributed by atoms with Gasteiger partial charge in [-0.3, -0.25) is 0 Å². The van der Waals surface area contributed by atoms with E-state index in [0.717, 1.165) is 5.56 Å². The summed E-state index contributed by atoms with van der Waals surface area (Å²) < 4.78 is 29.3. The number of sulfonamides is 1. The van der Waals surface area contributed by atoms with Crippen LogP contribution in [0.15, 0.2) is 47.9 Å². The SMILES string of the molecule is CCn1cnc(S(=O)(=O)NC(C)(CCl)c2ccccc2)c1. The van der Waals surface area contributed by atoms with Gasteiger partial charge in [-0.1, -0.05) is 30.3 Å². The summed E-state index contributed by atoms with van der Waals surface area (Å²) in [4.78, 5) is 3.94. The lowest BCUT2D eigenvalue weighted by molar-refractivity contribution is 0.475. The minimum atomic E-state index is -3.73. The van der Waals surface area contributed by atoms with Crippen molar-refractivity contribution in [2.24, 2.45) is 0 Å². The van der Waals surface area contributed by atoms with E-state index in [-0.39, 0.29) is 10.9 Å². The summed E-state index contributed by atoms with van der Waals surface area (Å²) in [6.45, 7) is 4.33. The standard InChI is InChI=1S/C14H18ClN3O2S/c1-3-18-9-13(16-11-18)21(19,20)17-14(2,10-15)12-7-5-4-6-8-12/h4-9,11,17H,3,10H2,1-2H3. The zero-order chi connectivity index (χ0) is 15.5. The maximum Gasteiger partial charge on any atom is 0.260 e. The number of aryl methyl sites for hydroxylation is 1. The molecule has 1 N–H and O–H groups in total. The van der Waals surface area contributed by atoms with E-state index >= 15 is 0 Å². The van der Waals surface area contributed by atoms with Gasteiger partial charge < -0.3 is 4.57 Å². The average molecular weight is 328 g/mol. The molecule has 0 saturated carbocycles. The number of rotatable bonds is 6. The van der Waals surface area contributed by atoms with Crippen molar-refractivity contribution in [3.8, 4) is 0 Å². The van der Waals surface area contributed by atoms with Crippen molar-refractivity contribution in [2.45, 2.75) is 31.0 Å². The number of alkyl halides is 1. The van der Waals surface area contributed by atoms with E-state index in [1.807, 2.05) is 37.3 Å². The Bertz CT molecular complexity index is 700. The Morgan fingerprint density at radius 3 is 2.52 bits per heavy atom. The first kappa shape index (κ1) is 16.0. The predicted octanol–water partition coefficient (Wildman–Crippen LogP) is 2.34. The number of benzene rings is 1. The van der Waals surface area contributed by atoms with Crippen molar-refractivity contribution in [1.82, 2.24) is 14.3 Å². The highest BCUT2D eigenvalue weighted by atomic mass is 35.5. The van der Waals surface area contributed by atoms with Crippen LogP contribution < -0.4 is 4.72 Å². The van der Waals surface area contributed by atoms with Crippen LogP contribution in [0.5, 0.6) is 0 Å². The summed E-state index contributed by atoms with van der Waals surface area (Å²) in [6.07, 6.45) is 3.00. The molecule has 0 bridgehead atoms. The number of imidazole rings is 1. The molecule has 2 aromatic rings. The van der Waals surface area contributed by atoms with Crippen LogP contribution in [-0.4, -0.2) is 23.8 Å². The fourth-order valence-electron chi connectivity index (χ4n) is 1.97. The first-order valence-electron chi connectivity index (χ1n) is 6.58. The van der Waals surface area contributed by atoms with Gasteiger partial charge in [-0.05, 0) is 19.4 Å². The fourth-order valence-corrected chi connectivity index (χ4v) is 3.62. The Balaban J connectivity index is 2.33. The lowest BCUT2D eigenvalue weighted by Crippen LogP contribution is -2.45. The molecule has 1 aromatic carbocycles. The molecule has 1 unspecified atom stereocenters. The van der Waals surface area contributed by atoms with Crippen molar-refractivity contribution in [3.63, 3.8) is 0 Å². The topological polar surface area (TPSA) is 64.0 Å². The molecule has 0 aliphatic rings. The lowest BCUT2D eigenvalue weighted by Gasteiger charge is -2.28. The molecule has 1 heterocycles. The second kappa shape index (κ2) is 6.17. The second-order valence-electron chi connectivity index (χ2n) is 4.98. The summed E-state index contributed by atoms with van der Waals surface area (Å²) >= 11 is 6.02. The Kier molecular flexibility index (Phi) is 4.70. The number of nitrogens with zero attached hydrogens (tertiary/aromatic N) is 2. The van der Waals surface area contributed by atoms with E-state index in [9.17, 15) is 8.42 Å². The first-order valence-corrected chi connectivity index (χ1v) is 8.60. The van der Waals surface area contributed by atoms with Gasteiger partial charge in [0.1, 0.15) is 0 Å². The van der Waals surface area contributed by atoms with E-state index in [2.05, 4.69) is 9.71 Å². The Labute approximate surface area is 130 Å². The summed E-state index contributed by atoms with van der Waals surface area (Å²) in [7, 11) is -3.73. The number of nitrogens with one attached hydrogen (secondary N) is 1. The molecule has 21 heavy (non-hydrogen) atoms. The third-order valence-corrected chi connectivity index (χ3v) is 5.30. The van der Waals surface area contributed by atoms with Gasteiger partial charge in [-0.15, -0.1) is 11.6 Å². The van der Waals surface area contributed by atoms with Gasteiger partial charge in [0.2, 0.25) is 0 Å². The number of hydrogen-bond acceptors (Lipinski definition) is 3. The van der Waals surface area contributed by atoms with Gasteiger partial charge in [0, 0.05) is 18.6 Å². The highest BCUT2D eigenvalue weighted by Crippen LogP contribution is 2.24. The van der Waals surface area contributed by atoms with Crippen LogP contribution in [0.1, 0.15) is 19.4 Å². The molecule has 0 amide bonds. The van der Waals surface area contributed by atoms with Crippen molar-refractivity contribution in [1.29, 1.82) is 0 Å². The minimum absolute atomic E-state index is 0.00313. The summed E-state index contributed by atoms with van der Waals surface area (Å²) in [5.74, 6) is 0.116. The van der Waals surface area contributed by atoms with Crippen LogP contribution in [0.3, 0.4) is 0 Å². The van der Waals surface area contributed by atoms with Gasteiger partial charge >= 0.3 is 0 Å². The van der Waals surface area contributed by atoms with Gasteiger partial charge in [-0.2, -0.15) is 4.72 Å². The Hall–Kier alpha value is -1.37. The normalized spacial score (nSPS) is 14.8. The van der Waals surface area contributed by atoms with Crippen LogP contribution in [0.4, 0.5) is 0 Å². The van der Waals surface area contributed by atoms with E-state index in [0.29, 0.717) is 6.54 Å². The minimum Gasteiger partial charge on any atom is -0.336 e. The Morgan fingerprint density at radius 1 is 1.33 bits per heavy atom. The average Bonchev–Trinajstić information content (AvgIpc) is 2.97. The van der Waals surface area contributed by atoms with Crippen molar-refractivity contribution in [3.05, 3.63) is 48.4 Å². The number of aromatic nitrogens is 2. The van der Waals surface area contributed by atoms with Gasteiger partial charge in [0.05, 0.1) is 11.9 Å². The molecule has 0 radical (unpaired) electrons. The summed E-state index contributed by atoms with van der Waals surface area (Å²) in [6, 6.07) is 9.25. The number of halogens is 1. The van der Waals surface area contributed by atoms with Crippen LogP contribution >= 0.6 is 11.6 Å². The molecular formula is C14H18ClN3O2S. The van der Waals surface area contributed by atoms with E-state index in [1.165, 1.54) is 12.5 Å². The fraction of sp³-hybridized carbons (Fsp3) is 0.357. The van der Waals surface area contributed by atoms with Crippen LogP contribution in [0, 0.1) is 0 Å². The molecule has 1 atom stereocenters. The molecule has 7 heteroatoms. The van der Waals surface area contributed by atoms with Gasteiger partial charge in [0.25, 0.3) is 10.0 Å². The molecule has 0 spiro atoms. The molecule has 114 valence electrons. The molecule has 0 aliphatic carbocycles. The summed E-state index contributed by atoms with van der Waals surface area (Å²) in [5, 5.41) is -0.00313. The van der Waals surface area contributed by atoms with Gasteiger partial charge in [-0.25, -0.2) is 13.4 Å². The lowest BCUT2D eigenvalue weighted by atomic mass is 9.96. The molecule has 0 aliphatic heterocycles. The van der Waals surface area contributed by atoms with Crippen LogP contribution in [0.25, 0.3) is 0 Å². The molecule has 0 fully saturated rings.